The second-order valence-electron chi connectivity index (χ2n) is 7.97. The maximum Gasteiger partial charge on any atom is 0.275 e. The first-order valence-electron chi connectivity index (χ1n) is 9.92. The first kappa shape index (κ1) is 17.8. The van der Waals surface area contributed by atoms with E-state index >= 15 is 0 Å². The fourth-order valence-electron chi connectivity index (χ4n) is 4.44. The van der Waals surface area contributed by atoms with E-state index in [1.807, 2.05) is 60.5 Å². The quantitative estimate of drug-likeness (QED) is 0.758. The molecule has 27 heavy (non-hydrogen) atoms. The smallest absolute Gasteiger partial charge is 0.275 e. The van der Waals surface area contributed by atoms with Crippen LogP contribution in [0.5, 0.6) is 0 Å². The Hall–Kier alpha value is -2.56. The topological polar surface area (TPSA) is 56.0 Å². The molecule has 1 fully saturated rings. The molecular formula is C22H27N3O2. The van der Waals surface area contributed by atoms with Crippen molar-refractivity contribution in [3.63, 3.8) is 0 Å². The Kier molecular flexibility index (Phi) is 4.54. The molecule has 5 nitrogen and oxygen atoms in total. The fraction of sp³-hybridized carbons (Fsp3) is 0.455. The van der Waals surface area contributed by atoms with Crippen molar-refractivity contribution in [2.24, 2.45) is 7.05 Å². The minimum atomic E-state index is -0.115. The summed E-state index contributed by atoms with van der Waals surface area (Å²) in [6, 6.07) is 8.14. The van der Waals surface area contributed by atoms with Crippen LogP contribution >= 0.6 is 0 Å². The van der Waals surface area contributed by atoms with E-state index in [1.165, 1.54) is 6.42 Å². The highest BCUT2D eigenvalue weighted by atomic mass is 16.2. The zero-order valence-corrected chi connectivity index (χ0v) is 16.3. The van der Waals surface area contributed by atoms with Gasteiger partial charge in [0.15, 0.2) is 0 Å². The second-order valence-corrected chi connectivity index (χ2v) is 7.97. The van der Waals surface area contributed by atoms with Gasteiger partial charge in [0, 0.05) is 41.6 Å². The maximum atomic E-state index is 13.4. The number of hydrogen-bond donors (Lipinski definition) is 1. The van der Waals surface area contributed by atoms with E-state index in [2.05, 4.69) is 5.32 Å². The van der Waals surface area contributed by atoms with E-state index in [9.17, 15) is 9.59 Å². The first-order valence-corrected chi connectivity index (χ1v) is 9.92. The van der Waals surface area contributed by atoms with Gasteiger partial charge in [-0.3, -0.25) is 9.59 Å². The number of carbonyl (C=O) groups is 1. The summed E-state index contributed by atoms with van der Waals surface area (Å²) in [6.07, 6.45) is 7.31. The molecule has 1 aliphatic rings. The highest BCUT2D eigenvalue weighted by molar-refractivity contribution is 6.17. The molecule has 5 heteroatoms. The van der Waals surface area contributed by atoms with E-state index in [1.54, 1.807) is 0 Å². The van der Waals surface area contributed by atoms with Crippen molar-refractivity contribution in [3.05, 3.63) is 46.4 Å². The number of nitrogens with zero attached hydrogens (tertiary/aromatic N) is 2. The average molecular weight is 365 g/mol. The minimum Gasteiger partial charge on any atom is -0.350 e. The number of benzene rings is 1. The van der Waals surface area contributed by atoms with Crippen LogP contribution in [0.25, 0.3) is 21.8 Å². The zero-order chi connectivity index (χ0) is 19.1. The third-order valence-electron chi connectivity index (χ3n) is 5.71. The van der Waals surface area contributed by atoms with Crippen molar-refractivity contribution in [1.82, 2.24) is 14.5 Å². The predicted octanol–water partition coefficient (Wildman–Crippen LogP) is 4.14. The van der Waals surface area contributed by atoms with Gasteiger partial charge in [0.2, 0.25) is 0 Å². The van der Waals surface area contributed by atoms with E-state index < -0.39 is 0 Å². The van der Waals surface area contributed by atoms with Crippen molar-refractivity contribution in [3.8, 4) is 0 Å². The van der Waals surface area contributed by atoms with Gasteiger partial charge < -0.3 is 14.5 Å². The summed E-state index contributed by atoms with van der Waals surface area (Å²) in [4.78, 5) is 26.5. The molecule has 1 saturated carbocycles. The highest BCUT2D eigenvalue weighted by Crippen LogP contribution is 2.32. The number of nitrogens with one attached hydrogen (secondary N) is 1. The number of rotatable bonds is 3. The monoisotopic (exact) mass is 365 g/mol. The molecule has 142 valence electrons. The normalized spacial score (nSPS) is 15.7. The molecule has 2 aromatic heterocycles. The van der Waals surface area contributed by atoms with Crippen LogP contribution < -0.4 is 10.9 Å². The molecule has 0 aliphatic heterocycles. The number of carbonyl (C=O) groups excluding carboxylic acids is 1. The summed E-state index contributed by atoms with van der Waals surface area (Å²) < 4.78 is 3.77. The summed E-state index contributed by atoms with van der Waals surface area (Å²) in [5.41, 5.74) is 2.21. The van der Waals surface area contributed by atoms with Crippen molar-refractivity contribution in [2.75, 3.05) is 0 Å². The Morgan fingerprint density at radius 3 is 2.56 bits per heavy atom. The first-order chi connectivity index (χ1) is 13.0. The van der Waals surface area contributed by atoms with Crippen LogP contribution in [0.2, 0.25) is 0 Å². The molecule has 1 aromatic carbocycles. The van der Waals surface area contributed by atoms with Crippen LogP contribution in [0, 0.1) is 0 Å². The number of aryl methyl sites for hydroxylation is 1. The number of pyridine rings is 1. The van der Waals surface area contributed by atoms with Crippen molar-refractivity contribution in [1.29, 1.82) is 0 Å². The molecule has 0 unspecified atom stereocenters. The molecule has 3 aromatic rings. The second kappa shape index (κ2) is 6.87. The van der Waals surface area contributed by atoms with E-state index in [0.717, 1.165) is 42.0 Å². The van der Waals surface area contributed by atoms with Crippen LogP contribution in [0.1, 0.15) is 62.4 Å². The highest BCUT2D eigenvalue weighted by Gasteiger charge is 2.25. The van der Waals surface area contributed by atoms with Crippen LogP contribution in [-0.4, -0.2) is 21.1 Å². The third kappa shape index (κ3) is 2.95. The number of para-hydroxylation sites is 1. The molecule has 1 aliphatic carbocycles. The van der Waals surface area contributed by atoms with Gasteiger partial charge in [0.1, 0.15) is 5.52 Å². The minimum absolute atomic E-state index is 0.0108. The van der Waals surface area contributed by atoms with Crippen LogP contribution in [0.15, 0.2) is 35.3 Å². The Morgan fingerprint density at radius 1 is 1.15 bits per heavy atom. The third-order valence-corrected chi connectivity index (χ3v) is 5.71. The Bertz CT molecular complexity index is 1070. The van der Waals surface area contributed by atoms with Gasteiger partial charge >= 0.3 is 0 Å². The van der Waals surface area contributed by atoms with Crippen molar-refractivity contribution < 1.29 is 4.79 Å². The number of aromatic nitrogens is 2. The summed E-state index contributed by atoms with van der Waals surface area (Å²) >= 11 is 0. The lowest BCUT2D eigenvalue weighted by atomic mass is 9.95. The van der Waals surface area contributed by atoms with Gasteiger partial charge in [0.05, 0.1) is 5.56 Å². The van der Waals surface area contributed by atoms with Gasteiger partial charge in [-0.05, 0) is 32.8 Å². The van der Waals surface area contributed by atoms with E-state index in [4.69, 9.17) is 0 Å². The van der Waals surface area contributed by atoms with Crippen LogP contribution in [-0.2, 0) is 7.05 Å². The molecule has 0 radical (unpaired) electrons. The molecular weight excluding hydrogens is 338 g/mol. The summed E-state index contributed by atoms with van der Waals surface area (Å²) in [7, 11) is 1.92. The standard InChI is InChI=1S/C22H27N3O2/c1-14(2)23-21(26)17-13-25(15-9-5-4-6-10-15)22(27)20-19(17)16-11-7-8-12-18(16)24(20)3/h7-8,11-15H,4-6,9-10H2,1-3H3,(H,23,26). The Morgan fingerprint density at radius 2 is 1.85 bits per heavy atom. The van der Waals surface area contributed by atoms with E-state index in [0.29, 0.717) is 11.1 Å². The lowest BCUT2D eigenvalue weighted by Crippen LogP contribution is -2.33. The Balaban J connectivity index is 2.05. The van der Waals surface area contributed by atoms with Gasteiger partial charge in [-0.2, -0.15) is 0 Å². The lowest BCUT2D eigenvalue weighted by molar-refractivity contribution is 0.0944. The molecule has 0 saturated heterocycles. The van der Waals surface area contributed by atoms with Gasteiger partial charge in [-0.15, -0.1) is 0 Å². The van der Waals surface area contributed by atoms with E-state index in [-0.39, 0.29) is 23.6 Å². The number of fused-ring (bicyclic) bond motifs is 3. The summed E-state index contributed by atoms with van der Waals surface area (Å²) in [6.45, 7) is 3.91. The van der Waals surface area contributed by atoms with Crippen molar-refractivity contribution >= 4 is 27.7 Å². The number of hydrogen-bond acceptors (Lipinski definition) is 2. The molecule has 4 rings (SSSR count). The molecule has 1 amide bonds. The zero-order valence-electron chi connectivity index (χ0n) is 16.3. The van der Waals surface area contributed by atoms with Gasteiger partial charge in [-0.25, -0.2) is 0 Å². The molecule has 1 N–H and O–H groups in total. The molecule has 0 atom stereocenters. The lowest BCUT2D eigenvalue weighted by Gasteiger charge is -2.25. The summed E-state index contributed by atoms with van der Waals surface area (Å²) in [5.74, 6) is -0.115. The molecule has 0 spiro atoms. The molecule has 2 heterocycles. The SMILES string of the molecule is CC(C)NC(=O)c1cn(C2CCCCC2)c(=O)c2c1c1ccccc1n2C. The summed E-state index contributed by atoms with van der Waals surface area (Å²) in [5, 5.41) is 4.73. The van der Waals surface area contributed by atoms with Crippen LogP contribution in [0.3, 0.4) is 0 Å². The molecule has 0 bridgehead atoms. The van der Waals surface area contributed by atoms with Gasteiger partial charge in [0.25, 0.3) is 11.5 Å². The van der Waals surface area contributed by atoms with Gasteiger partial charge in [-0.1, -0.05) is 37.5 Å². The maximum absolute atomic E-state index is 13.4. The Labute approximate surface area is 159 Å². The largest absolute Gasteiger partial charge is 0.350 e. The fourth-order valence-corrected chi connectivity index (χ4v) is 4.44. The van der Waals surface area contributed by atoms with Crippen molar-refractivity contribution in [2.45, 2.75) is 58.0 Å². The predicted molar refractivity (Wildman–Crippen MR) is 109 cm³/mol. The number of amides is 1. The van der Waals surface area contributed by atoms with Crippen LogP contribution in [0.4, 0.5) is 0 Å². The average Bonchev–Trinajstić information content (AvgIpc) is 2.96.